The van der Waals surface area contributed by atoms with E-state index in [0.717, 1.165) is 19.4 Å². The van der Waals surface area contributed by atoms with Crippen molar-refractivity contribution in [2.75, 3.05) is 13.2 Å². The van der Waals surface area contributed by atoms with E-state index in [1.165, 1.54) is 6.42 Å². The minimum atomic E-state index is -0.358. The van der Waals surface area contributed by atoms with Crippen molar-refractivity contribution in [1.29, 1.82) is 0 Å². The zero-order valence-electron chi connectivity index (χ0n) is 8.62. The van der Waals surface area contributed by atoms with Crippen molar-refractivity contribution >= 4 is 11.8 Å². The van der Waals surface area contributed by atoms with Crippen molar-refractivity contribution in [3.8, 4) is 0 Å². The van der Waals surface area contributed by atoms with E-state index in [-0.39, 0.29) is 30.4 Å². The first-order chi connectivity index (χ1) is 7.25. The van der Waals surface area contributed by atoms with Crippen molar-refractivity contribution in [1.82, 2.24) is 10.6 Å². The van der Waals surface area contributed by atoms with E-state index in [1.54, 1.807) is 0 Å². The molecule has 2 saturated heterocycles. The highest BCUT2D eigenvalue weighted by molar-refractivity contribution is 6.05. The van der Waals surface area contributed by atoms with Crippen LogP contribution in [0.25, 0.3) is 0 Å². The number of amides is 2. The zero-order valence-corrected chi connectivity index (χ0v) is 8.62. The molecule has 15 heavy (non-hydrogen) atoms. The van der Waals surface area contributed by atoms with E-state index in [0.29, 0.717) is 6.54 Å². The van der Waals surface area contributed by atoms with Gasteiger partial charge < -0.3 is 10.1 Å². The monoisotopic (exact) mass is 212 g/mol. The fourth-order valence-electron chi connectivity index (χ4n) is 1.96. The van der Waals surface area contributed by atoms with Crippen LogP contribution in [-0.2, 0) is 14.3 Å². The Hall–Kier alpha value is -0.940. The lowest BCUT2D eigenvalue weighted by atomic mass is 10.1. The average molecular weight is 212 g/mol. The van der Waals surface area contributed by atoms with Crippen LogP contribution < -0.4 is 10.6 Å². The molecule has 0 aromatic carbocycles. The zero-order chi connectivity index (χ0) is 10.7. The fraction of sp³-hybridized carbons (Fsp3) is 0.800. The summed E-state index contributed by atoms with van der Waals surface area (Å²) < 4.78 is 5.52. The third-order valence-corrected chi connectivity index (χ3v) is 2.83. The van der Waals surface area contributed by atoms with E-state index in [2.05, 4.69) is 10.6 Å². The standard InChI is InChI=1S/C10H16N2O3/c13-9-5-8(10(14)12-9)11-6-7-3-1-2-4-15-7/h7-8,11H,1-6H2,(H,12,13,14)/t7-,8+/m1/s1. The lowest BCUT2D eigenvalue weighted by Gasteiger charge is -2.23. The second-order valence-electron chi connectivity index (χ2n) is 4.07. The van der Waals surface area contributed by atoms with Crippen LogP contribution in [0.5, 0.6) is 0 Å². The predicted molar refractivity (Wildman–Crippen MR) is 53.1 cm³/mol. The number of ether oxygens (including phenoxy) is 1. The molecule has 2 aliphatic rings. The Kier molecular flexibility index (Phi) is 3.33. The Balaban J connectivity index is 1.73. The number of hydrogen-bond donors (Lipinski definition) is 2. The molecule has 0 spiro atoms. The predicted octanol–water partition coefficient (Wildman–Crippen LogP) is -0.440. The number of nitrogens with one attached hydrogen (secondary N) is 2. The molecule has 0 saturated carbocycles. The third kappa shape index (κ3) is 2.76. The lowest BCUT2D eigenvalue weighted by molar-refractivity contribution is -0.125. The quantitative estimate of drug-likeness (QED) is 0.622. The molecular formula is C10H16N2O3. The van der Waals surface area contributed by atoms with Crippen molar-refractivity contribution in [2.45, 2.75) is 37.8 Å². The molecule has 2 fully saturated rings. The molecule has 5 heteroatoms. The summed E-state index contributed by atoms with van der Waals surface area (Å²) in [5, 5.41) is 5.35. The molecule has 0 radical (unpaired) electrons. The van der Waals surface area contributed by atoms with Crippen LogP contribution in [0.4, 0.5) is 0 Å². The van der Waals surface area contributed by atoms with Crippen LogP contribution >= 0.6 is 0 Å². The highest BCUT2D eigenvalue weighted by Gasteiger charge is 2.30. The summed E-state index contributed by atoms with van der Waals surface area (Å²) in [5.41, 5.74) is 0. The summed E-state index contributed by atoms with van der Waals surface area (Å²) >= 11 is 0. The van der Waals surface area contributed by atoms with Gasteiger partial charge in [-0.05, 0) is 19.3 Å². The van der Waals surface area contributed by atoms with E-state index in [1.807, 2.05) is 0 Å². The van der Waals surface area contributed by atoms with Crippen LogP contribution in [0.3, 0.4) is 0 Å². The third-order valence-electron chi connectivity index (χ3n) is 2.83. The van der Waals surface area contributed by atoms with Crippen molar-refractivity contribution in [2.24, 2.45) is 0 Å². The average Bonchev–Trinajstić information content (AvgIpc) is 2.56. The van der Waals surface area contributed by atoms with Crippen LogP contribution in [0.1, 0.15) is 25.7 Å². The second kappa shape index (κ2) is 4.72. The van der Waals surface area contributed by atoms with Crippen LogP contribution in [-0.4, -0.2) is 37.1 Å². The maximum atomic E-state index is 11.2. The first kappa shape index (κ1) is 10.6. The Labute approximate surface area is 88.5 Å². The molecule has 2 atom stereocenters. The molecule has 5 nitrogen and oxygen atoms in total. The van der Waals surface area contributed by atoms with Gasteiger partial charge in [-0.3, -0.25) is 14.9 Å². The van der Waals surface area contributed by atoms with Crippen LogP contribution in [0.2, 0.25) is 0 Å². The summed E-state index contributed by atoms with van der Waals surface area (Å²) in [6, 6.07) is -0.358. The Morgan fingerprint density at radius 3 is 2.87 bits per heavy atom. The number of imide groups is 1. The Bertz CT molecular complexity index is 261. The van der Waals surface area contributed by atoms with Gasteiger partial charge in [-0.1, -0.05) is 0 Å². The largest absolute Gasteiger partial charge is 0.377 e. The van der Waals surface area contributed by atoms with Crippen LogP contribution in [0.15, 0.2) is 0 Å². The van der Waals surface area contributed by atoms with E-state index >= 15 is 0 Å². The number of carbonyl (C=O) groups is 2. The normalized spacial score (nSPS) is 31.7. The second-order valence-corrected chi connectivity index (χ2v) is 4.07. The highest BCUT2D eigenvalue weighted by Crippen LogP contribution is 2.12. The molecule has 2 heterocycles. The molecule has 2 N–H and O–H groups in total. The van der Waals surface area contributed by atoms with Crippen molar-refractivity contribution < 1.29 is 14.3 Å². The van der Waals surface area contributed by atoms with Crippen molar-refractivity contribution in [3.63, 3.8) is 0 Å². The fourth-order valence-corrected chi connectivity index (χ4v) is 1.96. The molecule has 2 amide bonds. The molecule has 0 unspecified atom stereocenters. The number of rotatable bonds is 3. The summed E-state index contributed by atoms with van der Waals surface area (Å²) in [7, 11) is 0. The van der Waals surface area contributed by atoms with E-state index in [4.69, 9.17) is 4.74 Å². The number of hydrogen-bond acceptors (Lipinski definition) is 4. The van der Waals surface area contributed by atoms with E-state index in [9.17, 15) is 9.59 Å². The smallest absolute Gasteiger partial charge is 0.244 e. The molecular weight excluding hydrogens is 196 g/mol. The maximum absolute atomic E-state index is 11.2. The first-order valence-electron chi connectivity index (χ1n) is 5.44. The van der Waals surface area contributed by atoms with Gasteiger partial charge >= 0.3 is 0 Å². The van der Waals surface area contributed by atoms with Crippen molar-refractivity contribution in [3.05, 3.63) is 0 Å². The van der Waals surface area contributed by atoms with Gasteiger partial charge in [0, 0.05) is 13.2 Å². The van der Waals surface area contributed by atoms with Gasteiger partial charge in [0.1, 0.15) is 0 Å². The molecule has 0 aromatic rings. The summed E-state index contributed by atoms with van der Waals surface area (Å²) in [5.74, 6) is -0.405. The van der Waals surface area contributed by atoms with Crippen LogP contribution in [0, 0.1) is 0 Å². The minimum absolute atomic E-state index is 0.193. The van der Waals surface area contributed by atoms with Gasteiger partial charge in [-0.2, -0.15) is 0 Å². The minimum Gasteiger partial charge on any atom is -0.377 e. The first-order valence-corrected chi connectivity index (χ1v) is 5.44. The van der Waals surface area contributed by atoms with E-state index < -0.39 is 0 Å². The molecule has 84 valence electrons. The molecule has 0 aliphatic carbocycles. The van der Waals surface area contributed by atoms with Gasteiger partial charge in [0.15, 0.2) is 0 Å². The maximum Gasteiger partial charge on any atom is 0.244 e. The summed E-state index contributed by atoms with van der Waals surface area (Å²) in [6.45, 7) is 1.47. The Morgan fingerprint density at radius 2 is 2.27 bits per heavy atom. The SMILES string of the molecule is O=C1C[C@H](NC[C@H]2CCCCO2)C(=O)N1. The van der Waals surface area contributed by atoms with Gasteiger partial charge in [-0.25, -0.2) is 0 Å². The number of carbonyl (C=O) groups excluding carboxylic acids is 2. The lowest BCUT2D eigenvalue weighted by Crippen LogP contribution is -2.41. The van der Waals surface area contributed by atoms with Gasteiger partial charge in [-0.15, -0.1) is 0 Å². The molecule has 0 bridgehead atoms. The van der Waals surface area contributed by atoms with Gasteiger partial charge in [0.25, 0.3) is 0 Å². The van der Waals surface area contributed by atoms with Gasteiger partial charge in [0.2, 0.25) is 11.8 Å². The molecule has 0 aromatic heterocycles. The Morgan fingerprint density at radius 1 is 1.40 bits per heavy atom. The molecule has 2 aliphatic heterocycles. The van der Waals surface area contributed by atoms with Gasteiger partial charge in [0.05, 0.1) is 18.6 Å². The topological polar surface area (TPSA) is 67.4 Å². The summed E-state index contributed by atoms with van der Waals surface area (Å²) in [6.07, 6.45) is 3.80. The highest BCUT2D eigenvalue weighted by atomic mass is 16.5. The molecule has 2 rings (SSSR count). The summed E-state index contributed by atoms with van der Waals surface area (Å²) in [4.78, 5) is 22.1.